The minimum absolute atomic E-state index is 0.101. The van der Waals surface area contributed by atoms with E-state index in [0.717, 1.165) is 6.08 Å². The molecule has 0 atom stereocenters. The third-order valence-electron chi connectivity index (χ3n) is 2.81. The zero-order chi connectivity index (χ0) is 16.9. The van der Waals surface area contributed by atoms with Crippen LogP contribution in [0.25, 0.3) is 6.08 Å². The third kappa shape index (κ3) is 4.30. The van der Waals surface area contributed by atoms with Gasteiger partial charge in [-0.05, 0) is 35.9 Å². The zero-order valence-electron chi connectivity index (χ0n) is 12.1. The van der Waals surface area contributed by atoms with Crippen molar-refractivity contribution >= 4 is 27.8 Å². The number of rotatable bonds is 6. The highest BCUT2D eigenvalue weighted by Crippen LogP contribution is 2.27. The minimum Gasteiger partial charge on any atom is -0.495 e. The molecule has 0 saturated carbocycles. The van der Waals surface area contributed by atoms with Crippen LogP contribution in [0.5, 0.6) is 5.75 Å². The number of ether oxygens (including phenoxy) is 1. The number of hydrogen-bond acceptors (Lipinski definition) is 5. The number of hydrogen-bond donors (Lipinski definition) is 2. The summed E-state index contributed by atoms with van der Waals surface area (Å²) in [5, 5.41) is 8.65. The maximum atomic E-state index is 12.5. The van der Waals surface area contributed by atoms with E-state index in [9.17, 15) is 13.2 Å². The molecule has 0 spiro atoms. The van der Waals surface area contributed by atoms with Crippen LogP contribution in [0.15, 0.2) is 53.7 Å². The molecule has 0 aliphatic rings. The first-order chi connectivity index (χ1) is 10.9. The second kappa shape index (κ2) is 6.93. The first-order valence-electron chi connectivity index (χ1n) is 6.44. The number of nitrogens with zero attached hydrogens (tertiary/aromatic N) is 1. The lowest BCUT2D eigenvalue weighted by Crippen LogP contribution is -2.14. The fourth-order valence-electron chi connectivity index (χ4n) is 1.81. The van der Waals surface area contributed by atoms with E-state index in [-0.39, 0.29) is 10.6 Å². The van der Waals surface area contributed by atoms with Gasteiger partial charge in [-0.1, -0.05) is 6.07 Å². The summed E-state index contributed by atoms with van der Waals surface area (Å²) in [7, 11) is -2.56. The van der Waals surface area contributed by atoms with Gasteiger partial charge in [0.25, 0.3) is 10.0 Å². The Balaban J connectivity index is 2.42. The van der Waals surface area contributed by atoms with Gasteiger partial charge in [-0.25, -0.2) is 13.2 Å². The molecule has 0 radical (unpaired) electrons. The third-order valence-corrected chi connectivity index (χ3v) is 4.21. The highest BCUT2D eigenvalue weighted by molar-refractivity contribution is 7.92. The predicted molar refractivity (Wildman–Crippen MR) is 84.7 cm³/mol. The normalized spacial score (nSPS) is 11.3. The van der Waals surface area contributed by atoms with Crippen molar-refractivity contribution in [1.82, 2.24) is 4.98 Å². The summed E-state index contributed by atoms with van der Waals surface area (Å²) >= 11 is 0. The maximum absolute atomic E-state index is 12.5. The van der Waals surface area contributed by atoms with Crippen molar-refractivity contribution in [3.05, 3.63) is 54.4 Å². The summed E-state index contributed by atoms with van der Waals surface area (Å²) in [6.07, 6.45) is 5.12. The van der Waals surface area contributed by atoms with E-state index in [1.807, 2.05) is 0 Å². The van der Waals surface area contributed by atoms with Crippen molar-refractivity contribution in [1.29, 1.82) is 0 Å². The standard InChI is InChI=1S/C15H14N2O5S/c1-22-13-6-4-11(5-7-15(18)19)9-14(13)23(20,21)17-12-3-2-8-16-10-12/h2-10,17H,1H3,(H,18,19)/b7-5+. The summed E-state index contributed by atoms with van der Waals surface area (Å²) in [4.78, 5) is 14.3. The summed E-state index contributed by atoms with van der Waals surface area (Å²) in [5.41, 5.74) is 0.723. The molecule has 0 unspecified atom stereocenters. The van der Waals surface area contributed by atoms with Crippen LogP contribution in [0.2, 0.25) is 0 Å². The van der Waals surface area contributed by atoms with E-state index in [4.69, 9.17) is 9.84 Å². The summed E-state index contributed by atoms with van der Waals surface area (Å²) < 4.78 is 32.5. The Morgan fingerprint density at radius 2 is 2.13 bits per heavy atom. The van der Waals surface area contributed by atoms with Gasteiger partial charge >= 0.3 is 5.97 Å². The Labute approximate surface area is 133 Å². The lowest BCUT2D eigenvalue weighted by molar-refractivity contribution is -0.131. The number of nitrogens with one attached hydrogen (secondary N) is 1. The number of sulfonamides is 1. The summed E-state index contributed by atoms with van der Waals surface area (Å²) in [5.74, 6) is -0.979. The van der Waals surface area contributed by atoms with Crippen LogP contribution in [0.3, 0.4) is 0 Å². The molecule has 0 bridgehead atoms. The average Bonchev–Trinajstić information content (AvgIpc) is 2.53. The van der Waals surface area contributed by atoms with Crippen molar-refractivity contribution in [3.63, 3.8) is 0 Å². The summed E-state index contributed by atoms with van der Waals surface area (Å²) in [6.45, 7) is 0. The zero-order valence-corrected chi connectivity index (χ0v) is 12.9. The lowest BCUT2D eigenvalue weighted by atomic mass is 10.2. The summed E-state index contributed by atoms with van der Waals surface area (Å²) in [6, 6.07) is 7.50. The number of carboxylic acids is 1. The Morgan fingerprint density at radius 1 is 1.35 bits per heavy atom. The molecule has 0 fully saturated rings. The Kier molecular flexibility index (Phi) is 4.97. The molecule has 0 aliphatic heterocycles. The van der Waals surface area contributed by atoms with Crippen LogP contribution >= 0.6 is 0 Å². The molecule has 23 heavy (non-hydrogen) atoms. The number of aromatic nitrogens is 1. The van der Waals surface area contributed by atoms with Crippen LogP contribution in [0.1, 0.15) is 5.56 Å². The molecule has 1 aromatic carbocycles. The van der Waals surface area contributed by atoms with E-state index in [1.165, 1.54) is 37.7 Å². The topological polar surface area (TPSA) is 106 Å². The van der Waals surface area contributed by atoms with Crippen LogP contribution in [-0.4, -0.2) is 31.6 Å². The van der Waals surface area contributed by atoms with Gasteiger partial charge in [-0.3, -0.25) is 9.71 Å². The van der Waals surface area contributed by atoms with E-state index in [0.29, 0.717) is 11.3 Å². The van der Waals surface area contributed by atoms with E-state index in [1.54, 1.807) is 18.2 Å². The molecule has 0 saturated heterocycles. The van der Waals surface area contributed by atoms with E-state index >= 15 is 0 Å². The number of aliphatic carboxylic acids is 1. The van der Waals surface area contributed by atoms with Crippen LogP contribution in [-0.2, 0) is 14.8 Å². The van der Waals surface area contributed by atoms with Gasteiger partial charge in [0.2, 0.25) is 0 Å². The molecule has 7 nitrogen and oxygen atoms in total. The van der Waals surface area contributed by atoms with E-state index in [2.05, 4.69) is 9.71 Å². The van der Waals surface area contributed by atoms with Gasteiger partial charge < -0.3 is 9.84 Å². The molecule has 120 valence electrons. The number of anilines is 1. The smallest absolute Gasteiger partial charge is 0.328 e. The van der Waals surface area contributed by atoms with Crippen molar-refractivity contribution < 1.29 is 23.1 Å². The van der Waals surface area contributed by atoms with Crippen LogP contribution in [0, 0.1) is 0 Å². The van der Waals surface area contributed by atoms with Crippen LogP contribution in [0.4, 0.5) is 5.69 Å². The van der Waals surface area contributed by atoms with Crippen molar-refractivity contribution in [2.24, 2.45) is 0 Å². The van der Waals surface area contributed by atoms with Gasteiger partial charge in [0.15, 0.2) is 0 Å². The van der Waals surface area contributed by atoms with Gasteiger partial charge in [0.05, 0.1) is 19.0 Å². The maximum Gasteiger partial charge on any atom is 0.328 e. The van der Waals surface area contributed by atoms with Crippen molar-refractivity contribution in [2.45, 2.75) is 4.90 Å². The second-order valence-corrected chi connectivity index (χ2v) is 6.08. The van der Waals surface area contributed by atoms with E-state index < -0.39 is 16.0 Å². The molecular formula is C15H14N2O5S. The first kappa shape index (κ1) is 16.5. The fourth-order valence-corrected chi connectivity index (χ4v) is 3.06. The molecule has 1 aromatic heterocycles. The van der Waals surface area contributed by atoms with Crippen LogP contribution < -0.4 is 9.46 Å². The quantitative estimate of drug-likeness (QED) is 0.783. The van der Waals surface area contributed by atoms with Gasteiger partial charge in [-0.2, -0.15) is 0 Å². The molecule has 0 aliphatic carbocycles. The van der Waals surface area contributed by atoms with Crippen molar-refractivity contribution in [3.8, 4) is 5.75 Å². The Bertz CT molecular complexity index is 832. The SMILES string of the molecule is COc1ccc(/C=C/C(=O)O)cc1S(=O)(=O)Nc1cccnc1. The Hall–Kier alpha value is -2.87. The number of methoxy groups -OCH3 is 1. The van der Waals surface area contributed by atoms with Gasteiger partial charge in [0.1, 0.15) is 10.6 Å². The van der Waals surface area contributed by atoms with Gasteiger partial charge in [0, 0.05) is 12.3 Å². The molecule has 2 N–H and O–H groups in total. The predicted octanol–water partition coefficient (Wildman–Crippen LogP) is 1.99. The van der Waals surface area contributed by atoms with Crippen molar-refractivity contribution in [2.75, 3.05) is 11.8 Å². The number of benzene rings is 1. The average molecular weight is 334 g/mol. The lowest BCUT2D eigenvalue weighted by Gasteiger charge is -2.12. The Morgan fingerprint density at radius 3 is 2.74 bits per heavy atom. The molecule has 2 rings (SSSR count). The largest absolute Gasteiger partial charge is 0.495 e. The molecule has 2 aromatic rings. The molecule has 8 heteroatoms. The highest BCUT2D eigenvalue weighted by atomic mass is 32.2. The minimum atomic E-state index is -3.91. The molecule has 0 amide bonds. The number of carboxylic acid groups (broad SMARTS) is 1. The molecule has 1 heterocycles. The molecular weight excluding hydrogens is 320 g/mol. The van der Waals surface area contributed by atoms with Gasteiger partial charge in [-0.15, -0.1) is 0 Å². The number of pyridine rings is 1. The fraction of sp³-hybridized carbons (Fsp3) is 0.0667. The second-order valence-electron chi connectivity index (χ2n) is 4.43. The number of carbonyl (C=O) groups is 1. The first-order valence-corrected chi connectivity index (χ1v) is 7.92. The highest BCUT2D eigenvalue weighted by Gasteiger charge is 2.20. The monoisotopic (exact) mass is 334 g/mol.